The Morgan fingerprint density at radius 1 is 1.47 bits per heavy atom. The van der Waals surface area contributed by atoms with Crippen LogP contribution in [0.3, 0.4) is 0 Å². The van der Waals surface area contributed by atoms with Crippen LogP contribution >= 0.6 is 11.3 Å². The van der Waals surface area contributed by atoms with Gasteiger partial charge in [0.05, 0.1) is 6.20 Å². The zero-order chi connectivity index (χ0) is 12.3. The number of carbonyl (C=O) groups is 1. The molecule has 17 heavy (non-hydrogen) atoms. The molecule has 2 aromatic heterocycles. The van der Waals surface area contributed by atoms with E-state index >= 15 is 0 Å². The zero-order valence-electron chi connectivity index (χ0n) is 9.38. The van der Waals surface area contributed by atoms with Crippen LogP contribution < -0.4 is 0 Å². The number of rotatable bonds is 4. The molecule has 0 atom stereocenters. The van der Waals surface area contributed by atoms with E-state index in [9.17, 15) is 4.79 Å². The third-order valence-electron chi connectivity index (χ3n) is 2.29. The lowest BCUT2D eigenvalue weighted by Crippen LogP contribution is -1.89. The van der Waals surface area contributed by atoms with Gasteiger partial charge in [-0.25, -0.2) is 9.78 Å². The molecule has 0 aromatic carbocycles. The predicted molar refractivity (Wildman–Crippen MR) is 66.3 cm³/mol. The summed E-state index contributed by atoms with van der Waals surface area (Å²) in [4.78, 5) is 19.4. The molecule has 0 aliphatic heterocycles. The molecule has 0 fully saturated rings. The van der Waals surface area contributed by atoms with Crippen molar-refractivity contribution in [1.29, 1.82) is 0 Å². The van der Waals surface area contributed by atoms with Gasteiger partial charge in [0, 0.05) is 17.5 Å². The third-order valence-corrected chi connectivity index (χ3v) is 3.32. The standard InChI is InChI=1S/C12H12N2O2S/c1-2-3-9-6-8(4-5-13-9)11-14-7-10(17-11)12(15)16/h4-7H,2-3H2,1H3,(H,15,16). The van der Waals surface area contributed by atoms with Crippen LogP contribution in [0.1, 0.15) is 28.7 Å². The monoisotopic (exact) mass is 248 g/mol. The van der Waals surface area contributed by atoms with Gasteiger partial charge in [0.2, 0.25) is 0 Å². The highest BCUT2D eigenvalue weighted by atomic mass is 32.1. The lowest BCUT2D eigenvalue weighted by Gasteiger charge is -2.00. The van der Waals surface area contributed by atoms with E-state index in [2.05, 4.69) is 16.9 Å². The van der Waals surface area contributed by atoms with Gasteiger partial charge < -0.3 is 5.11 Å². The van der Waals surface area contributed by atoms with Crippen LogP contribution in [0.25, 0.3) is 10.6 Å². The molecule has 0 amide bonds. The van der Waals surface area contributed by atoms with E-state index < -0.39 is 5.97 Å². The summed E-state index contributed by atoms with van der Waals surface area (Å²) in [6.07, 6.45) is 5.09. The van der Waals surface area contributed by atoms with Crippen molar-refractivity contribution in [3.05, 3.63) is 35.1 Å². The molecular formula is C12H12N2O2S. The Hall–Kier alpha value is -1.75. The Morgan fingerprint density at radius 3 is 2.94 bits per heavy atom. The highest BCUT2D eigenvalue weighted by Crippen LogP contribution is 2.25. The number of nitrogens with zero attached hydrogens (tertiary/aromatic N) is 2. The van der Waals surface area contributed by atoms with Crippen LogP contribution in [0.2, 0.25) is 0 Å². The first-order valence-corrected chi connectivity index (χ1v) is 6.16. The number of hydrogen-bond donors (Lipinski definition) is 1. The minimum Gasteiger partial charge on any atom is -0.477 e. The number of hydrogen-bond acceptors (Lipinski definition) is 4. The predicted octanol–water partition coefficient (Wildman–Crippen LogP) is 2.86. The highest BCUT2D eigenvalue weighted by Gasteiger charge is 2.10. The van der Waals surface area contributed by atoms with E-state index in [-0.39, 0.29) is 4.88 Å². The van der Waals surface area contributed by atoms with Gasteiger partial charge >= 0.3 is 5.97 Å². The second-order valence-electron chi connectivity index (χ2n) is 3.62. The topological polar surface area (TPSA) is 63.1 Å². The van der Waals surface area contributed by atoms with Crippen molar-refractivity contribution in [2.75, 3.05) is 0 Å². The molecule has 0 spiro atoms. The molecule has 0 aliphatic carbocycles. The summed E-state index contributed by atoms with van der Waals surface area (Å²) in [5.74, 6) is -0.934. The number of thiazole rings is 1. The molecule has 0 aliphatic rings. The van der Waals surface area contributed by atoms with Crippen LogP contribution in [0.4, 0.5) is 0 Å². The Bertz CT molecular complexity index is 537. The van der Waals surface area contributed by atoms with Crippen molar-refractivity contribution >= 4 is 17.3 Å². The summed E-state index contributed by atoms with van der Waals surface area (Å²) in [5.41, 5.74) is 1.94. The number of pyridine rings is 1. The molecule has 4 nitrogen and oxygen atoms in total. The molecule has 1 N–H and O–H groups in total. The normalized spacial score (nSPS) is 10.4. The molecule has 0 saturated carbocycles. The van der Waals surface area contributed by atoms with Gasteiger partial charge in [0.25, 0.3) is 0 Å². The largest absolute Gasteiger partial charge is 0.477 e. The smallest absolute Gasteiger partial charge is 0.347 e. The van der Waals surface area contributed by atoms with Crippen molar-refractivity contribution in [2.24, 2.45) is 0 Å². The maximum Gasteiger partial charge on any atom is 0.347 e. The average Bonchev–Trinajstić information content (AvgIpc) is 2.79. The van der Waals surface area contributed by atoms with Crippen LogP contribution in [-0.4, -0.2) is 21.0 Å². The zero-order valence-corrected chi connectivity index (χ0v) is 10.2. The summed E-state index contributed by atoms with van der Waals surface area (Å²) < 4.78 is 0. The lowest BCUT2D eigenvalue weighted by molar-refractivity contribution is 0.0702. The molecule has 0 radical (unpaired) electrons. The van der Waals surface area contributed by atoms with Crippen molar-refractivity contribution in [3.8, 4) is 10.6 Å². The van der Waals surface area contributed by atoms with Crippen molar-refractivity contribution < 1.29 is 9.90 Å². The third kappa shape index (κ3) is 2.68. The highest BCUT2D eigenvalue weighted by molar-refractivity contribution is 7.16. The number of carboxylic acids is 1. The van der Waals surface area contributed by atoms with Crippen LogP contribution in [-0.2, 0) is 6.42 Å². The van der Waals surface area contributed by atoms with E-state index in [0.717, 1.165) is 29.1 Å². The maximum atomic E-state index is 10.8. The van der Waals surface area contributed by atoms with Crippen LogP contribution in [0, 0.1) is 0 Å². The van der Waals surface area contributed by atoms with Crippen molar-refractivity contribution in [3.63, 3.8) is 0 Å². The Morgan fingerprint density at radius 2 is 2.29 bits per heavy atom. The molecule has 2 aromatic rings. The number of aromatic nitrogens is 2. The molecule has 0 saturated heterocycles. The van der Waals surface area contributed by atoms with Crippen molar-refractivity contribution in [2.45, 2.75) is 19.8 Å². The minimum absolute atomic E-state index is 0.258. The molecule has 2 heterocycles. The summed E-state index contributed by atoms with van der Waals surface area (Å²) in [5, 5.41) is 9.57. The molecule has 0 bridgehead atoms. The van der Waals surface area contributed by atoms with E-state index in [0.29, 0.717) is 0 Å². The SMILES string of the molecule is CCCc1cc(-c2ncc(C(=O)O)s2)ccn1. The van der Waals surface area contributed by atoms with E-state index in [1.807, 2.05) is 12.1 Å². The fourth-order valence-corrected chi connectivity index (χ4v) is 2.26. The lowest BCUT2D eigenvalue weighted by atomic mass is 10.2. The molecule has 88 valence electrons. The minimum atomic E-state index is -0.934. The molecular weight excluding hydrogens is 236 g/mol. The summed E-state index contributed by atoms with van der Waals surface area (Å²) >= 11 is 1.18. The van der Waals surface area contributed by atoms with Gasteiger partial charge in [-0.1, -0.05) is 13.3 Å². The second kappa shape index (κ2) is 5.05. The Balaban J connectivity index is 2.31. The van der Waals surface area contributed by atoms with E-state index in [1.165, 1.54) is 17.5 Å². The first-order valence-electron chi connectivity index (χ1n) is 5.35. The van der Waals surface area contributed by atoms with E-state index in [4.69, 9.17) is 5.11 Å². The van der Waals surface area contributed by atoms with Gasteiger partial charge in [0.15, 0.2) is 0 Å². The number of aryl methyl sites for hydroxylation is 1. The molecule has 5 heteroatoms. The van der Waals surface area contributed by atoms with Crippen LogP contribution in [0.15, 0.2) is 24.5 Å². The Labute approximate surface area is 103 Å². The maximum absolute atomic E-state index is 10.8. The van der Waals surface area contributed by atoms with Gasteiger partial charge in [-0.2, -0.15) is 0 Å². The number of carboxylic acid groups (broad SMARTS) is 1. The molecule has 0 unspecified atom stereocenters. The van der Waals surface area contributed by atoms with Gasteiger partial charge in [-0.15, -0.1) is 11.3 Å². The summed E-state index contributed by atoms with van der Waals surface area (Å²) in [6.45, 7) is 2.10. The summed E-state index contributed by atoms with van der Waals surface area (Å²) in [6, 6.07) is 3.82. The van der Waals surface area contributed by atoms with Gasteiger partial charge in [-0.05, 0) is 18.6 Å². The van der Waals surface area contributed by atoms with E-state index in [1.54, 1.807) is 6.20 Å². The second-order valence-corrected chi connectivity index (χ2v) is 4.65. The fourth-order valence-electron chi connectivity index (χ4n) is 1.51. The van der Waals surface area contributed by atoms with Gasteiger partial charge in [0.1, 0.15) is 9.88 Å². The quantitative estimate of drug-likeness (QED) is 0.903. The average molecular weight is 248 g/mol. The van der Waals surface area contributed by atoms with Gasteiger partial charge in [-0.3, -0.25) is 4.98 Å². The first-order chi connectivity index (χ1) is 8.20. The summed E-state index contributed by atoms with van der Waals surface area (Å²) in [7, 11) is 0. The van der Waals surface area contributed by atoms with Crippen LogP contribution in [0.5, 0.6) is 0 Å². The number of aromatic carboxylic acids is 1. The molecule has 2 rings (SSSR count). The fraction of sp³-hybridized carbons (Fsp3) is 0.250. The van der Waals surface area contributed by atoms with Crippen molar-refractivity contribution in [1.82, 2.24) is 9.97 Å². The Kier molecular flexibility index (Phi) is 3.49. The first kappa shape index (κ1) is 11.7.